The van der Waals surface area contributed by atoms with Crippen molar-refractivity contribution in [1.82, 2.24) is 4.57 Å². The molecule has 0 unspecified atom stereocenters. The van der Waals surface area contributed by atoms with Crippen LogP contribution >= 0.6 is 11.6 Å². The fourth-order valence-electron chi connectivity index (χ4n) is 3.31. The van der Waals surface area contributed by atoms with Crippen LogP contribution in [-0.4, -0.2) is 25.2 Å². The highest BCUT2D eigenvalue weighted by Crippen LogP contribution is 2.34. The van der Waals surface area contributed by atoms with Crippen LogP contribution in [0.4, 0.5) is 5.69 Å². The molecule has 5 heteroatoms. The number of fused-ring (bicyclic) bond motifs is 2. The smallest absolute Gasteiger partial charge is 0.197 e. The summed E-state index contributed by atoms with van der Waals surface area (Å²) in [4.78, 5) is 15.0. The minimum atomic E-state index is -0.155. The summed E-state index contributed by atoms with van der Waals surface area (Å²) in [6, 6.07) is 9.59. The second-order valence-corrected chi connectivity index (χ2v) is 7.80. The van der Waals surface area contributed by atoms with Crippen molar-refractivity contribution >= 4 is 39.1 Å². The van der Waals surface area contributed by atoms with Gasteiger partial charge >= 0.3 is 0 Å². The Balaban J connectivity index is 2.52. The second kappa shape index (κ2) is 6.04. The molecular weight excluding hydrogens is 334 g/mol. The first-order chi connectivity index (χ1) is 11.7. The first kappa shape index (κ1) is 17.8. The molecule has 0 saturated heterocycles. The van der Waals surface area contributed by atoms with Gasteiger partial charge in [-0.15, -0.1) is 0 Å². The summed E-state index contributed by atoms with van der Waals surface area (Å²) in [5.74, 6) is 0. The van der Waals surface area contributed by atoms with Crippen molar-refractivity contribution in [2.45, 2.75) is 19.3 Å². The molecule has 2 N–H and O–H groups in total. The quantitative estimate of drug-likeness (QED) is 0.728. The van der Waals surface area contributed by atoms with E-state index in [4.69, 9.17) is 17.3 Å². The van der Waals surface area contributed by atoms with E-state index in [-0.39, 0.29) is 10.8 Å². The highest BCUT2D eigenvalue weighted by molar-refractivity contribution is 6.35. The number of rotatable bonds is 3. The van der Waals surface area contributed by atoms with E-state index in [1.165, 1.54) is 0 Å². The van der Waals surface area contributed by atoms with Crippen molar-refractivity contribution in [1.29, 1.82) is 0 Å². The molecule has 0 spiro atoms. The number of anilines is 1. The Morgan fingerprint density at radius 1 is 1.16 bits per heavy atom. The predicted octanol–water partition coefficient (Wildman–Crippen LogP) is 3.65. The van der Waals surface area contributed by atoms with Gasteiger partial charge in [0.15, 0.2) is 5.43 Å². The topological polar surface area (TPSA) is 51.3 Å². The van der Waals surface area contributed by atoms with E-state index >= 15 is 0 Å². The zero-order valence-electron chi connectivity index (χ0n) is 15.4. The summed E-state index contributed by atoms with van der Waals surface area (Å²) in [5.41, 5.74) is 9.51. The van der Waals surface area contributed by atoms with Crippen molar-refractivity contribution in [2.24, 2.45) is 12.8 Å². The van der Waals surface area contributed by atoms with E-state index < -0.39 is 0 Å². The third-order valence-electron chi connectivity index (χ3n) is 5.02. The third-order valence-corrected chi connectivity index (χ3v) is 5.33. The van der Waals surface area contributed by atoms with Crippen LogP contribution in [0, 0.1) is 0 Å². The van der Waals surface area contributed by atoms with Gasteiger partial charge in [-0.2, -0.15) is 0 Å². The largest absolute Gasteiger partial charge is 0.375 e. The summed E-state index contributed by atoms with van der Waals surface area (Å²) in [7, 11) is 5.85. The lowest BCUT2D eigenvalue weighted by molar-refractivity contribution is 0.539. The standard InChI is InChI=1S/C20H24ClN3O/c1-20(2,11-22)12-6-7-13-16(10-12)24(5)17-14(19(13)25)8-9-15(21)18(17)23(3)4/h6-10H,11,22H2,1-5H3. The number of aromatic nitrogens is 1. The molecule has 0 bridgehead atoms. The number of hydrogen-bond acceptors (Lipinski definition) is 3. The summed E-state index contributed by atoms with van der Waals surface area (Å²) in [6.45, 7) is 4.75. The van der Waals surface area contributed by atoms with Gasteiger partial charge in [0.2, 0.25) is 0 Å². The van der Waals surface area contributed by atoms with Crippen molar-refractivity contribution in [3.63, 3.8) is 0 Å². The highest BCUT2D eigenvalue weighted by Gasteiger charge is 2.21. The lowest BCUT2D eigenvalue weighted by Gasteiger charge is -2.25. The van der Waals surface area contributed by atoms with Gasteiger partial charge in [0.25, 0.3) is 0 Å². The van der Waals surface area contributed by atoms with Crippen molar-refractivity contribution in [3.05, 3.63) is 51.1 Å². The number of hydrogen-bond donors (Lipinski definition) is 1. The molecule has 3 aromatic rings. The van der Waals surface area contributed by atoms with Crippen LogP contribution in [0.15, 0.2) is 35.1 Å². The number of aryl methyl sites for hydroxylation is 1. The van der Waals surface area contributed by atoms with E-state index in [0.29, 0.717) is 22.3 Å². The molecule has 0 saturated carbocycles. The lowest BCUT2D eigenvalue weighted by atomic mass is 9.84. The Bertz CT molecular complexity index is 1030. The Kier molecular flexibility index (Phi) is 4.30. The fraction of sp³-hybridized carbons (Fsp3) is 0.350. The normalized spacial score (nSPS) is 12.1. The predicted molar refractivity (Wildman–Crippen MR) is 108 cm³/mol. The van der Waals surface area contributed by atoms with E-state index in [1.54, 1.807) is 6.07 Å². The Morgan fingerprint density at radius 2 is 1.80 bits per heavy atom. The van der Waals surface area contributed by atoms with Crippen LogP contribution in [0.3, 0.4) is 0 Å². The Hall–Kier alpha value is -2.04. The summed E-state index contributed by atoms with van der Waals surface area (Å²) >= 11 is 6.43. The van der Waals surface area contributed by atoms with Gasteiger partial charge in [-0.3, -0.25) is 4.79 Å². The van der Waals surface area contributed by atoms with Gasteiger partial charge in [-0.25, -0.2) is 0 Å². The van der Waals surface area contributed by atoms with Gasteiger partial charge in [0.05, 0.1) is 21.7 Å². The SMILES string of the molecule is CN(C)c1c(Cl)ccc2c(=O)c3ccc(C(C)(C)CN)cc3n(C)c12. The van der Waals surface area contributed by atoms with Gasteiger partial charge in [0.1, 0.15) is 0 Å². The van der Waals surface area contributed by atoms with Gasteiger partial charge < -0.3 is 15.2 Å². The molecule has 2 aromatic carbocycles. The Morgan fingerprint density at radius 3 is 2.40 bits per heavy atom. The van der Waals surface area contributed by atoms with Crippen LogP contribution in [0.2, 0.25) is 5.02 Å². The molecule has 1 heterocycles. The average molecular weight is 358 g/mol. The molecule has 3 rings (SSSR count). The van der Waals surface area contributed by atoms with E-state index in [0.717, 1.165) is 22.3 Å². The summed E-state index contributed by atoms with van der Waals surface area (Å²) in [6.07, 6.45) is 0. The van der Waals surface area contributed by atoms with Crippen LogP contribution in [0.1, 0.15) is 19.4 Å². The van der Waals surface area contributed by atoms with Crippen LogP contribution < -0.4 is 16.1 Å². The maximum atomic E-state index is 13.1. The van der Waals surface area contributed by atoms with Gasteiger partial charge in [-0.1, -0.05) is 31.5 Å². The monoisotopic (exact) mass is 357 g/mol. The van der Waals surface area contributed by atoms with E-state index in [2.05, 4.69) is 24.5 Å². The van der Waals surface area contributed by atoms with Crippen molar-refractivity contribution < 1.29 is 0 Å². The molecule has 0 aliphatic carbocycles. The molecule has 25 heavy (non-hydrogen) atoms. The van der Waals surface area contributed by atoms with Gasteiger partial charge in [-0.05, 0) is 29.8 Å². The summed E-state index contributed by atoms with van der Waals surface area (Å²) in [5, 5.41) is 2.01. The first-order valence-corrected chi connectivity index (χ1v) is 8.69. The number of halogens is 1. The Labute approximate surface area is 152 Å². The molecule has 0 aliphatic heterocycles. The molecule has 132 valence electrons. The van der Waals surface area contributed by atoms with Crippen LogP contribution in [0.25, 0.3) is 21.8 Å². The molecule has 1 aromatic heterocycles. The maximum Gasteiger partial charge on any atom is 0.197 e. The second-order valence-electron chi connectivity index (χ2n) is 7.39. The minimum Gasteiger partial charge on any atom is -0.375 e. The van der Waals surface area contributed by atoms with Crippen LogP contribution in [-0.2, 0) is 12.5 Å². The first-order valence-electron chi connectivity index (χ1n) is 8.32. The van der Waals surface area contributed by atoms with E-state index in [9.17, 15) is 4.79 Å². The molecule has 0 atom stereocenters. The van der Waals surface area contributed by atoms with Gasteiger partial charge in [0, 0.05) is 43.9 Å². The third kappa shape index (κ3) is 2.70. The molecule has 0 amide bonds. The number of pyridine rings is 1. The summed E-state index contributed by atoms with van der Waals surface area (Å²) < 4.78 is 2.06. The van der Waals surface area contributed by atoms with E-state index in [1.807, 2.05) is 44.2 Å². The average Bonchev–Trinajstić information content (AvgIpc) is 2.58. The van der Waals surface area contributed by atoms with Crippen molar-refractivity contribution in [2.75, 3.05) is 25.5 Å². The minimum absolute atomic E-state index is 0.0278. The fourth-order valence-corrected chi connectivity index (χ4v) is 3.63. The molecule has 4 nitrogen and oxygen atoms in total. The lowest BCUT2D eigenvalue weighted by Crippen LogP contribution is -2.28. The molecule has 0 fully saturated rings. The number of nitrogens with two attached hydrogens (primary N) is 1. The highest BCUT2D eigenvalue weighted by atomic mass is 35.5. The maximum absolute atomic E-state index is 13.1. The van der Waals surface area contributed by atoms with Crippen LogP contribution in [0.5, 0.6) is 0 Å². The molecule has 0 aliphatic rings. The van der Waals surface area contributed by atoms with Crippen molar-refractivity contribution in [3.8, 4) is 0 Å². The number of nitrogens with zero attached hydrogens (tertiary/aromatic N) is 2. The number of benzene rings is 2. The zero-order chi connectivity index (χ0) is 18.5. The molecule has 0 radical (unpaired) electrons. The molecular formula is C20H24ClN3O. The zero-order valence-corrected chi connectivity index (χ0v) is 16.1.